The maximum Gasteiger partial charge on any atom is 0.457 e. The number of hydrogen-bond donors (Lipinski definition) is 0. The van der Waals surface area contributed by atoms with E-state index in [0.717, 1.165) is 32.7 Å². The fourth-order valence-corrected chi connectivity index (χ4v) is 1.91. The minimum atomic E-state index is -0.0846. The van der Waals surface area contributed by atoms with Crippen molar-refractivity contribution in [3.05, 3.63) is 0 Å². The average molecular weight is 226 g/mol. The van der Waals surface area contributed by atoms with Crippen LogP contribution in [-0.2, 0) is 18.6 Å². The van der Waals surface area contributed by atoms with Crippen molar-refractivity contribution >= 4 is 14.2 Å². The molecule has 0 radical (unpaired) electrons. The molecule has 0 spiro atoms. The Morgan fingerprint density at radius 3 is 2.19 bits per heavy atom. The molecular weight excluding hydrogens is 206 g/mol. The molecule has 2 aliphatic rings. The minimum absolute atomic E-state index is 0.0663. The summed E-state index contributed by atoms with van der Waals surface area (Å²) in [6.45, 7) is 9.24. The van der Waals surface area contributed by atoms with Gasteiger partial charge in [0.25, 0.3) is 0 Å². The summed E-state index contributed by atoms with van der Waals surface area (Å²) in [5.74, 6) is 0.391. The molecule has 0 unspecified atom stereocenters. The molecule has 0 bridgehead atoms. The third-order valence-electron chi connectivity index (χ3n) is 2.98. The molecule has 90 valence electrons. The van der Waals surface area contributed by atoms with Gasteiger partial charge in [0.05, 0.1) is 0 Å². The summed E-state index contributed by atoms with van der Waals surface area (Å²) in [4.78, 5) is 0. The summed E-state index contributed by atoms with van der Waals surface area (Å²) in [6.07, 6.45) is 0.864. The lowest BCUT2D eigenvalue weighted by molar-refractivity contribution is 0.0205. The summed E-state index contributed by atoms with van der Waals surface area (Å²) in [5, 5.41) is 0. The molecule has 2 saturated heterocycles. The predicted molar refractivity (Wildman–Crippen MR) is 63.3 cm³/mol. The summed E-state index contributed by atoms with van der Waals surface area (Å²) >= 11 is 0. The number of rotatable bonds is 2. The van der Waals surface area contributed by atoms with E-state index >= 15 is 0 Å². The van der Waals surface area contributed by atoms with Crippen LogP contribution in [0, 0.1) is 11.3 Å². The van der Waals surface area contributed by atoms with E-state index in [-0.39, 0.29) is 19.7 Å². The third kappa shape index (κ3) is 3.48. The average Bonchev–Trinajstić information content (AvgIpc) is 2.24. The van der Waals surface area contributed by atoms with Gasteiger partial charge in [0.15, 0.2) is 0 Å². The van der Waals surface area contributed by atoms with Crippen LogP contribution in [0.25, 0.3) is 0 Å². The van der Waals surface area contributed by atoms with E-state index in [1.165, 1.54) is 0 Å². The lowest BCUT2D eigenvalue weighted by Gasteiger charge is -2.35. The van der Waals surface area contributed by atoms with Gasteiger partial charge in [-0.05, 0) is 13.1 Å². The zero-order valence-electron chi connectivity index (χ0n) is 10.4. The van der Waals surface area contributed by atoms with Crippen molar-refractivity contribution in [2.45, 2.75) is 27.0 Å². The highest BCUT2D eigenvalue weighted by molar-refractivity contribution is 6.45. The Morgan fingerprint density at radius 1 is 1.06 bits per heavy atom. The standard InChI is InChI=1S/C10H20B2O4/c1-10(2)7-15-12(16-8-10)4-9-5-13-11(3)14-6-9/h9H,4-8H2,1-3H3. The SMILES string of the molecule is CB1OCC(CB2OCC(C)(C)CO2)CO1. The van der Waals surface area contributed by atoms with Crippen LogP contribution < -0.4 is 0 Å². The first-order valence-electron chi connectivity index (χ1n) is 6.01. The Bertz CT molecular complexity index is 219. The summed E-state index contributed by atoms with van der Waals surface area (Å²) in [7, 11) is -0.151. The molecule has 2 aliphatic heterocycles. The maximum atomic E-state index is 5.69. The molecule has 0 atom stereocenters. The van der Waals surface area contributed by atoms with Crippen molar-refractivity contribution in [1.29, 1.82) is 0 Å². The van der Waals surface area contributed by atoms with Crippen LogP contribution in [-0.4, -0.2) is 40.7 Å². The van der Waals surface area contributed by atoms with Gasteiger partial charge in [-0.1, -0.05) is 13.8 Å². The van der Waals surface area contributed by atoms with Gasteiger partial charge in [-0.2, -0.15) is 0 Å². The third-order valence-corrected chi connectivity index (χ3v) is 2.98. The van der Waals surface area contributed by atoms with Gasteiger partial charge in [-0.25, -0.2) is 0 Å². The van der Waals surface area contributed by atoms with Crippen molar-refractivity contribution < 1.29 is 18.6 Å². The monoisotopic (exact) mass is 226 g/mol. The first kappa shape index (κ1) is 12.4. The highest BCUT2D eigenvalue weighted by Gasteiger charge is 2.35. The molecule has 0 aromatic carbocycles. The second kappa shape index (κ2) is 5.08. The largest absolute Gasteiger partial charge is 0.457 e. The fourth-order valence-electron chi connectivity index (χ4n) is 1.91. The van der Waals surface area contributed by atoms with Crippen LogP contribution in [0.4, 0.5) is 0 Å². The van der Waals surface area contributed by atoms with Gasteiger partial charge < -0.3 is 18.6 Å². The van der Waals surface area contributed by atoms with Crippen LogP contribution in [0.5, 0.6) is 0 Å². The van der Waals surface area contributed by atoms with Gasteiger partial charge >= 0.3 is 14.2 Å². The van der Waals surface area contributed by atoms with E-state index in [2.05, 4.69) is 13.8 Å². The first-order chi connectivity index (χ1) is 7.55. The maximum absolute atomic E-state index is 5.69. The fraction of sp³-hybridized carbons (Fsp3) is 1.00. The molecule has 4 nitrogen and oxygen atoms in total. The Kier molecular flexibility index (Phi) is 3.95. The molecule has 2 heterocycles. The Hall–Kier alpha value is -0.0301. The molecule has 2 fully saturated rings. The van der Waals surface area contributed by atoms with E-state index in [9.17, 15) is 0 Å². The number of hydrogen-bond acceptors (Lipinski definition) is 4. The van der Waals surface area contributed by atoms with Gasteiger partial charge in [0, 0.05) is 37.8 Å². The molecule has 0 aliphatic carbocycles. The molecule has 0 aromatic heterocycles. The highest BCUT2D eigenvalue weighted by Crippen LogP contribution is 2.25. The van der Waals surface area contributed by atoms with Crippen molar-refractivity contribution in [1.82, 2.24) is 0 Å². The summed E-state index contributed by atoms with van der Waals surface area (Å²) in [6, 6.07) is 0. The summed E-state index contributed by atoms with van der Waals surface area (Å²) < 4.78 is 22.3. The molecule has 2 rings (SSSR count). The topological polar surface area (TPSA) is 36.9 Å². The quantitative estimate of drug-likeness (QED) is 0.665. The van der Waals surface area contributed by atoms with Crippen LogP contribution in [0.2, 0.25) is 13.1 Å². The van der Waals surface area contributed by atoms with Crippen LogP contribution in [0.15, 0.2) is 0 Å². The lowest BCUT2D eigenvalue weighted by atomic mass is 9.74. The molecule has 0 saturated carbocycles. The highest BCUT2D eigenvalue weighted by atomic mass is 16.6. The molecule has 6 heteroatoms. The summed E-state index contributed by atoms with van der Waals surface area (Å²) in [5.41, 5.74) is 0.143. The second-order valence-electron chi connectivity index (χ2n) is 5.55. The van der Waals surface area contributed by atoms with Gasteiger partial charge in [0.2, 0.25) is 0 Å². The van der Waals surface area contributed by atoms with E-state index in [0.29, 0.717) is 5.92 Å². The molecule has 0 N–H and O–H groups in total. The van der Waals surface area contributed by atoms with Crippen LogP contribution in [0.1, 0.15) is 13.8 Å². The van der Waals surface area contributed by atoms with E-state index in [4.69, 9.17) is 18.6 Å². The van der Waals surface area contributed by atoms with Crippen molar-refractivity contribution in [2.75, 3.05) is 26.4 Å². The molecule has 0 aromatic rings. The molecule has 0 amide bonds. The zero-order chi connectivity index (χ0) is 11.6. The van der Waals surface area contributed by atoms with Gasteiger partial charge in [-0.15, -0.1) is 0 Å². The van der Waals surface area contributed by atoms with E-state index < -0.39 is 0 Å². The second-order valence-corrected chi connectivity index (χ2v) is 5.55. The lowest BCUT2D eigenvalue weighted by Crippen LogP contribution is -2.43. The normalized spacial score (nSPS) is 27.2. The molecule has 16 heavy (non-hydrogen) atoms. The van der Waals surface area contributed by atoms with E-state index in [1.54, 1.807) is 0 Å². The Morgan fingerprint density at radius 2 is 1.62 bits per heavy atom. The van der Waals surface area contributed by atoms with E-state index in [1.807, 2.05) is 6.82 Å². The Labute approximate surface area is 98.3 Å². The Balaban J connectivity index is 1.71. The molecular formula is C10H20B2O4. The van der Waals surface area contributed by atoms with Gasteiger partial charge in [0.1, 0.15) is 0 Å². The van der Waals surface area contributed by atoms with Crippen molar-refractivity contribution in [3.63, 3.8) is 0 Å². The first-order valence-corrected chi connectivity index (χ1v) is 6.01. The smallest absolute Gasteiger partial charge is 0.411 e. The van der Waals surface area contributed by atoms with Gasteiger partial charge in [-0.3, -0.25) is 0 Å². The minimum Gasteiger partial charge on any atom is -0.411 e. The predicted octanol–water partition coefficient (Wildman–Crippen LogP) is 1.33. The van der Waals surface area contributed by atoms with Crippen molar-refractivity contribution in [2.24, 2.45) is 11.3 Å². The van der Waals surface area contributed by atoms with Crippen LogP contribution >= 0.6 is 0 Å². The zero-order valence-corrected chi connectivity index (χ0v) is 10.4. The van der Waals surface area contributed by atoms with Crippen molar-refractivity contribution in [3.8, 4) is 0 Å². The van der Waals surface area contributed by atoms with Crippen LogP contribution in [0.3, 0.4) is 0 Å².